The Balaban J connectivity index is 2.11. The van der Waals surface area contributed by atoms with Gasteiger partial charge in [0, 0.05) is 12.4 Å². The number of nitrogens with zero attached hydrogens (tertiary/aromatic N) is 2. The Morgan fingerprint density at radius 1 is 1.15 bits per heavy atom. The molecule has 7 nitrogen and oxygen atoms in total. The highest BCUT2D eigenvalue weighted by molar-refractivity contribution is 6.34. The number of nitrogens with one attached hydrogen (secondary N) is 2. The molecular formula is C12H9ClN4O3. The predicted octanol–water partition coefficient (Wildman–Crippen LogP) is 2.47. The van der Waals surface area contributed by atoms with Gasteiger partial charge in [0.05, 0.1) is 16.3 Å². The van der Waals surface area contributed by atoms with E-state index < -0.39 is 12.0 Å². The van der Waals surface area contributed by atoms with Crippen molar-refractivity contribution in [3.8, 4) is 0 Å². The van der Waals surface area contributed by atoms with Gasteiger partial charge in [0.15, 0.2) is 0 Å². The summed E-state index contributed by atoms with van der Waals surface area (Å²) in [6.07, 6.45) is 2.95. The Morgan fingerprint density at radius 3 is 2.50 bits per heavy atom. The zero-order valence-electron chi connectivity index (χ0n) is 10.0. The predicted molar refractivity (Wildman–Crippen MR) is 73.1 cm³/mol. The van der Waals surface area contributed by atoms with Crippen LogP contribution in [0.2, 0.25) is 5.02 Å². The standard InChI is InChI=1S/C12H9ClN4O3/c13-8-3-2-7(10(18)19)6-9(8)16-12(20)17-11-14-4-1-5-15-11/h1-6H,(H,18,19)(H2,14,15,16,17,20). The number of urea groups is 1. The van der Waals surface area contributed by atoms with Gasteiger partial charge in [-0.2, -0.15) is 0 Å². The van der Waals surface area contributed by atoms with Crippen molar-refractivity contribution in [2.45, 2.75) is 0 Å². The van der Waals surface area contributed by atoms with Gasteiger partial charge in [-0.25, -0.2) is 19.6 Å². The number of aromatic nitrogens is 2. The first kappa shape index (κ1) is 13.8. The summed E-state index contributed by atoms with van der Waals surface area (Å²) in [6, 6.07) is 4.97. The lowest BCUT2D eigenvalue weighted by molar-refractivity contribution is 0.0697. The zero-order chi connectivity index (χ0) is 14.5. The number of halogens is 1. The summed E-state index contributed by atoms with van der Waals surface area (Å²) in [4.78, 5) is 30.2. The molecule has 0 spiro atoms. The summed E-state index contributed by atoms with van der Waals surface area (Å²) in [7, 11) is 0. The number of carbonyl (C=O) groups is 2. The fourth-order valence-electron chi connectivity index (χ4n) is 1.37. The molecule has 0 atom stereocenters. The first-order valence-corrected chi connectivity index (χ1v) is 5.82. The molecule has 0 aliphatic carbocycles. The van der Waals surface area contributed by atoms with Crippen molar-refractivity contribution in [3.05, 3.63) is 47.2 Å². The number of benzene rings is 1. The molecule has 0 aliphatic heterocycles. The van der Waals surface area contributed by atoms with Gasteiger partial charge in [0.2, 0.25) is 5.95 Å². The molecule has 8 heteroatoms. The Morgan fingerprint density at radius 2 is 1.85 bits per heavy atom. The first-order valence-electron chi connectivity index (χ1n) is 5.44. The summed E-state index contributed by atoms with van der Waals surface area (Å²) >= 11 is 5.88. The third kappa shape index (κ3) is 3.42. The Bertz CT molecular complexity index is 648. The van der Waals surface area contributed by atoms with Gasteiger partial charge in [-0.05, 0) is 24.3 Å². The first-order chi connectivity index (χ1) is 9.56. The van der Waals surface area contributed by atoms with Crippen LogP contribution >= 0.6 is 11.6 Å². The Hall–Kier alpha value is -2.67. The normalized spacial score (nSPS) is 9.85. The minimum Gasteiger partial charge on any atom is -0.478 e. The molecule has 0 saturated heterocycles. The third-order valence-electron chi connectivity index (χ3n) is 2.25. The number of hydrogen-bond donors (Lipinski definition) is 3. The van der Waals surface area contributed by atoms with Crippen LogP contribution < -0.4 is 10.6 Å². The largest absolute Gasteiger partial charge is 0.478 e. The molecule has 0 fully saturated rings. The van der Waals surface area contributed by atoms with E-state index in [1.807, 2.05) is 0 Å². The van der Waals surface area contributed by atoms with Gasteiger partial charge in [-0.3, -0.25) is 5.32 Å². The number of rotatable bonds is 3. The van der Waals surface area contributed by atoms with Crippen molar-refractivity contribution in [2.75, 3.05) is 10.6 Å². The number of amides is 2. The van der Waals surface area contributed by atoms with E-state index in [2.05, 4.69) is 20.6 Å². The third-order valence-corrected chi connectivity index (χ3v) is 2.58. The van der Waals surface area contributed by atoms with Crippen LogP contribution in [-0.4, -0.2) is 27.1 Å². The maximum absolute atomic E-state index is 11.7. The van der Waals surface area contributed by atoms with Crippen LogP contribution in [0.4, 0.5) is 16.4 Å². The van der Waals surface area contributed by atoms with Crippen LogP contribution in [0.15, 0.2) is 36.7 Å². The Labute approximate surface area is 118 Å². The minimum absolute atomic E-state index is 0.0145. The van der Waals surface area contributed by atoms with Crippen LogP contribution in [0.5, 0.6) is 0 Å². The van der Waals surface area contributed by atoms with Gasteiger partial charge in [0.1, 0.15) is 0 Å². The van der Waals surface area contributed by atoms with Gasteiger partial charge < -0.3 is 10.4 Å². The molecular weight excluding hydrogens is 284 g/mol. The average Bonchev–Trinajstić information content (AvgIpc) is 2.42. The number of carbonyl (C=O) groups excluding carboxylic acids is 1. The van der Waals surface area contributed by atoms with E-state index in [4.69, 9.17) is 16.7 Å². The van der Waals surface area contributed by atoms with Crippen molar-refractivity contribution in [1.29, 1.82) is 0 Å². The summed E-state index contributed by atoms with van der Waals surface area (Å²) in [6.45, 7) is 0. The number of aromatic carboxylic acids is 1. The number of hydrogen-bond acceptors (Lipinski definition) is 4. The van der Waals surface area contributed by atoms with Crippen molar-refractivity contribution in [3.63, 3.8) is 0 Å². The zero-order valence-corrected chi connectivity index (χ0v) is 10.8. The van der Waals surface area contributed by atoms with Gasteiger partial charge in [-0.15, -0.1) is 0 Å². The van der Waals surface area contributed by atoms with Gasteiger partial charge in [-0.1, -0.05) is 11.6 Å². The van der Waals surface area contributed by atoms with Gasteiger partial charge in [0.25, 0.3) is 0 Å². The molecule has 20 heavy (non-hydrogen) atoms. The molecule has 2 amide bonds. The molecule has 0 unspecified atom stereocenters. The second kappa shape index (κ2) is 5.98. The topological polar surface area (TPSA) is 104 Å². The lowest BCUT2D eigenvalue weighted by Crippen LogP contribution is -2.21. The van der Waals surface area contributed by atoms with Crippen LogP contribution in [-0.2, 0) is 0 Å². The monoisotopic (exact) mass is 292 g/mol. The number of carboxylic acid groups (broad SMARTS) is 1. The van der Waals surface area contributed by atoms with Crippen molar-refractivity contribution in [1.82, 2.24) is 9.97 Å². The van der Waals surface area contributed by atoms with E-state index in [1.54, 1.807) is 6.07 Å². The molecule has 0 saturated carbocycles. The van der Waals surface area contributed by atoms with Crippen molar-refractivity contribution >= 4 is 35.2 Å². The SMILES string of the molecule is O=C(Nc1ncccn1)Nc1cc(C(=O)O)ccc1Cl. The highest BCUT2D eigenvalue weighted by Crippen LogP contribution is 2.23. The fraction of sp³-hybridized carbons (Fsp3) is 0. The minimum atomic E-state index is -1.11. The van der Waals surface area contributed by atoms with E-state index >= 15 is 0 Å². The van der Waals surface area contributed by atoms with E-state index in [1.165, 1.54) is 30.6 Å². The quantitative estimate of drug-likeness (QED) is 0.806. The van der Waals surface area contributed by atoms with E-state index in [9.17, 15) is 9.59 Å². The van der Waals surface area contributed by atoms with Crippen LogP contribution in [0, 0.1) is 0 Å². The molecule has 1 aromatic heterocycles. The van der Waals surface area contributed by atoms with E-state index in [0.717, 1.165) is 0 Å². The molecule has 2 aromatic rings. The second-order valence-corrected chi connectivity index (χ2v) is 4.06. The molecule has 102 valence electrons. The van der Waals surface area contributed by atoms with Crippen molar-refractivity contribution in [2.24, 2.45) is 0 Å². The van der Waals surface area contributed by atoms with E-state index in [-0.39, 0.29) is 22.2 Å². The highest BCUT2D eigenvalue weighted by Gasteiger charge is 2.10. The lowest BCUT2D eigenvalue weighted by Gasteiger charge is -2.08. The highest BCUT2D eigenvalue weighted by atomic mass is 35.5. The molecule has 1 aromatic carbocycles. The summed E-state index contributed by atoms with van der Waals surface area (Å²) in [5.41, 5.74) is 0.195. The van der Waals surface area contributed by atoms with Crippen LogP contribution in [0.25, 0.3) is 0 Å². The van der Waals surface area contributed by atoms with Crippen LogP contribution in [0.1, 0.15) is 10.4 Å². The fourth-order valence-corrected chi connectivity index (χ4v) is 1.54. The summed E-state index contributed by atoms with van der Waals surface area (Å²) < 4.78 is 0. The summed E-state index contributed by atoms with van der Waals surface area (Å²) in [5, 5.41) is 13.9. The Kier molecular flexibility index (Phi) is 4.11. The maximum Gasteiger partial charge on any atom is 0.335 e. The molecule has 0 aliphatic rings. The molecule has 0 bridgehead atoms. The number of carboxylic acids is 1. The smallest absolute Gasteiger partial charge is 0.335 e. The van der Waals surface area contributed by atoms with Gasteiger partial charge >= 0.3 is 12.0 Å². The molecule has 3 N–H and O–H groups in total. The van der Waals surface area contributed by atoms with E-state index in [0.29, 0.717) is 0 Å². The second-order valence-electron chi connectivity index (χ2n) is 3.65. The molecule has 2 rings (SSSR count). The molecule has 1 heterocycles. The molecule has 0 radical (unpaired) electrons. The van der Waals surface area contributed by atoms with Crippen molar-refractivity contribution < 1.29 is 14.7 Å². The maximum atomic E-state index is 11.7. The summed E-state index contributed by atoms with van der Waals surface area (Å²) in [5.74, 6) is -0.993. The van der Waals surface area contributed by atoms with Crippen LogP contribution in [0.3, 0.4) is 0 Å². The average molecular weight is 293 g/mol. The lowest BCUT2D eigenvalue weighted by atomic mass is 10.2. The number of anilines is 2.